The van der Waals surface area contributed by atoms with Crippen LogP contribution in [0.3, 0.4) is 0 Å². The maximum atomic E-state index is 11.1. The van der Waals surface area contributed by atoms with E-state index in [1.807, 2.05) is 10.9 Å². The predicted octanol–water partition coefficient (Wildman–Crippen LogP) is 2.58. The zero-order chi connectivity index (χ0) is 17.8. The van der Waals surface area contributed by atoms with Crippen molar-refractivity contribution in [2.45, 2.75) is 59.3 Å². The number of hydrogen-bond acceptors (Lipinski definition) is 4. The van der Waals surface area contributed by atoms with Crippen LogP contribution in [0.25, 0.3) is 0 Å². The van der Waals surface area contributed by atoms with Crippen molar-refractivity contribution >= 4 is 5.91 Å². The number of pyridine rings is 1. The van der Waals surface area contributed by atoms with Crippen LogP contribution < -0.4 is 5.32 Å². The lowest BCUT2D eigenvalue weighted by Crippen LogP contribution is -2.24. The number of carbonyl (C=O) groups is 1. The maximum absolute atomic E-state index is 11.1. The van der Waals surface area contributed by atoms with Crippen molar-refractivity contribution in [2.24, 2.45) is 0 Å². The molecule has 0 bridgehead atoms. The molecule has 1 atom stereocenters. The molecule has 2 aromatic rings. The van der Waals surface area contributed by atoms with E-state index in [9.17, 15) is 4.79 Å². The van der Waals surface area contributed by atoms with Crippen molar-refractivity contribution in [3.05, 3.63) is 47.0 Å². The van der Waals surface area contributed by atoms with Crippen molar-refractivity contribution in [1.82, 2.24) is 25.0 Å². The van der Waals surface area contributed by atoms with Crippen molar-refractivity contribution in [3.8, 4) is 0 Å². The fourth-order valence-electron chi connectivity index (χ4n) is 3.50. The lowest BCUT2D eigenvalue weighted by Gasteiger charge is -2.25. The minimum absolute atomic E-state index is 0.0295. The van der Waals surface area contributed by atoms with Crippen LogP contribution >= 0.6 is 0 Å². The van der Waals surface area contributed by atoms with Crippen LogP contribution in [0, 0.1) is 6.92 Å². The lowest BCUT2D eigenvalue weighted by molar-refractivity contribution is -0.119. The summed E-state index contributed by atoms with van der Waals surface area (Å²) in [5, 5.41) is 7.38. The Labute approximate surface area is 149 Å². The first-order valence-corrected chi connectivity index (χ1v) is 9.03. The normalized spacial score (nSPS) is 17.8. The van der Waals surface area contributed by atoms with Crippen LogP contribution in [0.4, 0.5) is 0 Å². The van der Waals surface area contributed by atoms with E-state index >= 15 is 0 Å². The van der Waals surface area contributed by atoms with Gasteiger partial charge in [-0.05, 0) is 50.9 Å². The monoisotopic (exact) mass is 341 g/mol. The Hall–Kier alpha value is -2.21. The molecule has 1 aliphatic rings. The van der Waals surface area contributed by atoms with Crippen LogP contribution in [0.1, 0.15) is 55.2 Å². The molecule has 0 radical (unpaired) electrons. The smallest absolute Gasteiger partial charge is 0.217 e. The second kappa shape index (κ2) is 7.78. The number of nitrogens with one attached hydrogen (secondary N) is 1. The Bertz CT molecular complexity index is 739. The second-order valence-electron chi connectivity index (χ2n) is 6.71. The summed E-state index contributed by atoms with van der Waals surface area (Å²) < 4.78 is 2.01. The van der Waals surface area contributed by atoms with Crippen molar-refractivity contribution in [3.63, 3.8) is 0 Å². The van der Waals surface area contributed by atoms with Gasteiger partial charge >= 0.3 is 0 Å². The third kappa shape index (κ3) is 4.25. The Morgan fingerprint density at radius 2 is 2.28 bits per heavy atom. The highest BCUT2D eigenvalue weighted by Gasteiger charge is 2.27. The molecule has 25 heavy (non-hydrogen) atoms. The highest BCUT2D eigenvalue weighted by molar-refractivity contribution is 5.72. The van der Waals surface area contributed by atoms with Gasteiger partial charge in [0, 0.05) is 44.0 Å². The summed E-state index contributed by atoms with van der Waals surface area (Å²) in [4.78, 5) is 18.0. The molecule has 0 aromatic carbocycles. The first-order valence-electron chi connectivity index (χ1n) is 9.03. The standard InChI is InChI=1S/C19H27N5O/c1-4-24-13-17(14(2)22-24)12-23-9-5-6-19(23)16-7-8-20-18(10-16)11-21-15(3)25/h7-8,10,13,19H,4-6,9,11-12H2,1-3H3,(H,21,25). The number of rotatable bonds is 6. The zero-order valence-corrected chi connectivity index (χ0v) is 15.3. The van der Waals surface area contributed by atoms with Gasteiger partial charge < -0.3 is 5.32 Å². The summed E-state index contributed by atoms with van der Waals surface area (Å²) in [6.07, 6.45) is 6.38. The molecule has 1 amide bonds. The summed E-state index contributed by atoms with van der Waals surface area (Å²) in [5.74, 6) is -0.0295. The minimum atomic E-state index is -0.0295. The third-order valence-electron chi connectivity index (χ3n) is 4.85. The van der Waals surface area contributed by atoms with E-state index in [0.29, 0.717) is 12.6 Å². The first kappa shape index (κ1) is 17.6. The summed E-state index contributed by atoms with van der Waals surface area (Å²) in [6.45, 7) is 9.15. The molecule has 1 N–H and O–H groups in total. The Morgan fingerprint density at radius 3 is 3.00 bits per heavy atom. The van der Waals surface area contributed by atoms with E-state index in [2.05, 4.69) is 52.5 Å². The van der Waals surface area contributed by atoms with Crippen molar-refractivity contribution in [1.29, 1.82) is 0 Å². The van der Waals surface area contributed by atoms with E-state index in [0.717, 1.165) is 37.4 Å². The van der Waals surface area contributed by atoms with Gasteiger partial charge in [-0.3, -0.25) is 19.4 Å². The molecule has 2 aromatic heterocycles. The molecule has 0 aliphatic carbocycles. The number of aromatic nitrogens is 3. The van der Waals surface area contributed by atoms with Gasteiger partial charge in [0.25, 0.3) is 0 Å². The SMILES string of the molecule is CCn1cc(CN2CCCC2c2ccnc(CNC(C)=O)c2)c(C)n1. The van der Waals surface area contributed by atoms with Gasteiger partial charge in [0.1, 0.15) is 0 Å². The number of carbonyl (C=O) groups excluding carboxylic acids is 1. The van der Waals surface area contributed by atoms with E-state index in [1.54, 1.807) is 0 Å². The van der Waals surface area contributed by atoms with Crippen molar-refractivity contribution < 1.29 is 4.79 Å². The molecule has 6 nitrogen and oxygen atoms in total. The first-order chi connectivity index (χ1) is 12.1. The van der Waals surface area contributed by atoms with Crippen LogP contribution in [0.15, 0.2) is 24.5 Å². The zero-order valence-electron chi connectivity index (χ0n) is 15.3. The molecule has 0 saturated carbocycles. The second-order valence-corrected chi connectivity index (χ2v) is 6.71. The molecule has 3 rings (SSSR count). The quantitative estimate of drug-likeness (QED) is 0.877. The van der Waals surface area contributed by atoms with E-state index in [4.69, 9.17) is 0 Å². The Kier molecular flexibility index (Phi) is 5.48. The number of aryl methyl sites for hydroxylation is 2. The maximum Gasteiger partial charge on any atom is 0.217 e. The Balaban J connectivity index is 1.73. The predicted molar refractivity (Wildman–Crippen MR) is 96.8 cm³/mol. The fraction of sp³-hybridized carbons (Fsp3) is 0.526. The Morgan fingerprint density at radius 1 is 1.44 bits per heavy atom. The molecular formula is C19H27N5O. The van der Waals surface area contributed by atoms with Crippen LogP contribution in [0.5, 0.6) is 0 Å². The third-order valence-corrected chi connectivity index (χ3v) is 4.85. The van der Waals surface area contributed by atoms with Crippen LogP contribution in [0.2, 0.25) is 0 Å². The fourth-order valence-corrected chi connectivity index (χ4v) is 3.50. The van der Waals surface area contributed by atoms with Gasteiger partial charge in [0.15, 0.2) is 0 Å². The summed E-state index contributed by atoms with van der Waals surface area (Å²) in [7, 11) is 0. The highest BCUT2D eigenvalue weighted by atomic mass is 16.1. The molecule has 1 aliphatic heterocycles. The molecule has 6 heteroatoms. The van der Waals surface area contributed by atoms with E-state index in [1.165, 1.54) is 24.5 Å². The number of nitrogens with zero attached hydrogens (tertiary/aromatic N) is 4. The van der Waals surface area contributed by atoms with Gasteiger partial charge in [-0.25, -0.2) is 0 Å². The number of amides is 1. The van der Waals surface area contributed by atoms with E-state index < -0.39 is 0 Å². The van der Waals surface area contributed by atoms with Gasteiger partial charge in [-0.15, -0.1) is 0 Å². The van der Waals surface area contributed by atoms with Gasteiger partial charge in [0.05, 0.1) is 17.9 Å². The van der Waals surface area contributed by atoms with Crippen LogP contribution in [-0.2, 0) is 24.4 Å². The average Bonchev–Trinajstić information content (AvgIpc) is 3.20. The van der Waals surface area contributed by atoms with Gasteiger partial charge in [0.2, 0.25) is 5.91 Å². The van der Waals surface area contributed by atoms with E-state index in [-0.39, 0.29) is 5.91 Å². The molecule has 3 heterocycles. The average molecular weight is 341 g/mol. The molecule has 0 spiro atoms. The molecule has 1 saturated heterocycles. The molecular weight excluding hydrogens is 314 g/mol. The largest absolute Gasteiger partial charge is 0.351 e. The van der Waals surface area contributed by atoms with Gasteiger partial charge in [-0.1, -0.05) is 0 Å². The highest BCUT2D eigenvalue weighted by Crippen LogP contribution is 2.33. The van der Waals surface area contributed by atoms with Crippen molar-refractivity contribution in [2.75, 3.05) is 6.54 Å². The number of likely N-dealkylation sites (tertiary alicyclic amines) is 1. The lowest BCUT2D eigenvalue weighted by atomic mass is 10.0. The molecule has 1 fully saturated rings. The summed E-state index contributed by atoms with van der Waals surface area (Å²) in [5.41, 5.74) is 4.62. The minimum Gasteiger partial charge on any atom is -0.351 e. The number of hydrogen-bond donors (Lipinski definition) is 1. The summed E-state index contributed by atoms with van der Waals surface area (Å²) >= 11 is 0. The summed E-state index contributed by atoms with van der Waals surface area (Å²) in [6, 6.07) is 4.63. The topological polar surface area (TPSA) is 63.1 Å². The van der Waals surface area contributed by atoms with Crippen LogP contribution in [-0.4, -0.2) is 32.1 Å². The molecule has 134 valence electrons. The van der Waals surface area contributed by atoms with Gasteiger partial charge in [-0.2, -0.15) is 5.10 Å². The molecule has 1 unspecified atom stereocenters.